The van der Waals surface area contributed by atoms with Crippen molar-refractivity contribution < 1.29 is 14.3 Å². The van der Waals surface area contributed by atoms with E-state index in [4.69, 9.17) is 4.42 Å². The number of benzene rings is 2. The maximum absolute atomic E-state index is 13.0. The van der Waals surface area contributed by atoms with Crippen LogP contribution in [-0.4, -0.2) is 33.9 Å². The summed E-state index contributed by atoms with van der Waals surface area (Å²) in [5, 5.41) is 13.1. The van der Waals surface area contributed by atoms with Gasteiger partial charge in [-0.2, -0.15) is 0 Å². The Balaban J connectivity index is 1.40. The third kappa shape index (κ3) is 6.28. The fourth-order valence-corrected chi connectivity index (χ4v) is 5.43. The number of unbranched alkanes of at least 4 members (excludes halogenated alkanes) is 5. The average molecular weight is 554 g/mol. The third-order valence-electron chi connectivity index (χ3n) is 7.58. The van der Waals surface area contributed by atoms with Gasteiger partial charge < -0.3 is 14.4 Å². The van der Waals surface area contributed by atoms with Crippen LogP contribution < -0.4 is 16.1 Å². The van der Waals surface area contributed by atoms with Crippen LogP contribution in [0, 0.1) is 0 Å². The second kappa shape index (κ2) is 12.7. The topological polar surface area (TPSA) is 109 Å². The smallest absolute Gasteiger partial charge is 0.354 e. The maximum atomic E-state index is 13.0. The number of aromatic nitrogens is 2. The monoisotopic (exact) mass is 553 g/mol. The molecule has 0 aliphatic carbocycles. The molecule has 0 spiro atoms. The Kier molecular flexibility index (Phi) is 8.70. The van der Waals surface area contributed by atoms with Crippen molar-refractivity contribution in [1.82, 2.24) is 9.78 Å². The molecule has 0 radical (unpaired) electrons. The molecule has 0 saturated heterocycles. The highest BCUT2D eigenvalue weighted by Gasteiger charge is 2.20. The minimum atomic E-state index is -1.27. The van der Waals surface area contributed by atoms with Gasteiger partial charge in [-0.1, -0.05) is 57.2 Å². The molecule has 0 fully saturated rings. The number of carboxylic acid groups (broad SMARTS) is 1. The highest BCUT2D eigenvalue weighted by atomic mass is 16.4. The molecule has 8 heteroatoms. The van der Waals surface area contributed by atoms with E-state index in [2.05, 4.69) is 28.7 Å². The first-order valence-corrected chi connectivity index (χ1v) is 14.4. The van der Waals surface area contributed by atoms with Crippen LogP contribution in [0.25, 0.3) is 28.8 Å². The van der Waals surface area contributed by atoms with E-state index in [0.29, 0.717) is 11.3 Å². The van der Waals surface area contributed by atoms with Gasteiger partial charge in [0.1, 0.15) is 5.58 Å². The molecule has 0 amide bonds. The number of carboxylic acids is 1. The number of para-hydroxylation sites is 1. The molecule has 8 nitrogen and oxygen atoms in total. The van der Waals surface area contributed by atoms with Gasteiger partial charge in [0.2, 0.25) is 0 Å². The number of rotatable bonds is 11. The van der Waals surface area contributed by atoms with Gasteiger partial charge in [0.25, 0.3) is 5.56 Å². The van der Waals surface area contributed by atoms with E-state index in [-0.39, 0.29) is 16.8 Å². The number of hydrogen-bond acceptors (Lipinski definition) is 5. The molecule has 1 aliphatic rings. The van der Waals surface area contributed by atoms with E-state index in [1.807, 2.05) is 6.07 Å². The van der Waals surface area contributed by atoms with Crippen LogP contribution in [0.3, 0.4) is 0 Å². The lowest BCUT2D eigenvalue weighted by molar-refractivity contribution is 0.0689. The molecule has 0 unspecified atom stereocenters. The Morgan fingerprint density at radius 2 is 1.83 bits per heavy atom. The average Bonchev–Trinajstić information content (AvgIpc) is 3.31. The van der Waals surface area contributed by atoms with Gasteiger partial charge in [0.05, 0.1) is 16.8 Å². The first-order chi connectivity index (χ1) is 20.0. The quantitative estimate of drug-likeness (QED) is 0.126. The lowest BCUT2D eigenvalue weighted by Gasteiger charge is -2.31. The summed E-state index contributed by atoms with van der Waals surface area (Å²) >= 11 is 0. The molecule has 0 bridgehead atoms. The van der Waals surface area contributed by atoms with Crippen LogP contribution in [0.5, 0.6) is 0 Å². The van der Waals surface area contributed by atoms with Crippen molar-refractivity contribution in [2.24, 2.45) is 0 Å². The molecule has 212 valence electrons. The zero-order valence-corrected chi connectivity index (χ0v) is 23.3. The van der Waals surface area contributed by atoms with Crippen LogP contribution in [0.15, 0.2) is 68.3 Å². The number of H-pyrrole nitrogens is 1. The van der Waals surface area contributed by atoms with Crippen molar-refractivity contribution >= 4 is 34.8 Å². The van der Waals surface area contributed by atoms with Crippen LogP contribution in [0.4, 0.5) is 5.69 Å². The Morgan fingerprint density at radius 3 is 2.61 bits per heavy atom. The third-order valence-corrected chi connectivity index (χ3v) is 7.58. The zero-order chi connectivity index (χ0) is 28.8. The number of aryl methyl sites for hydroxylation is 1. The predicted molar refractivity (Wildman–Crippen MR) is 162 cm³/mol. The summed E-state index contributed by atoms with van der Waals surface area (Å²) in [6.07, 6.45) is 12.3. The first-order valence-electron chi connectivity index (χ1n) is 14.4. The number of nitrogens with one attached hydrogen (secondary N) is 1. The lowest BCUT2D eigenvalue weighted by atomic mass is 9.98. The second-order valence-electron chi connectivity index (χ2n) is 10.5. The fraction of sp³-hybridized carbons (Fsp3) is 0.333. The minimum Gasteiger partial charge on any atom is -0.477 e. The van der Waals surface area contributed by atoms with Crippen molar-refractivity contribution in [1.29, 1.82) is 0 Å². The molecule has 3 heterocycles. The second-order valence-corrected chi connectivity index (χ2v) is 10.5. The number of hydrogen-bond donors (Lipinski definition) is 2. The number of aromatic amines is 1. The fourth-order valence-electron chi connectivity index (χ4n) is 5.43. The van der Waals surface area contributed by atoms with Crippen LogP contribution in [0.2, 0.25) is 0 Å². The predicted octanol–water partition coefficient (Wildman–Crippen LogP) is 6.41. The SMILES string of the molecule is CCCCCCCCN1CCCc2cc3cc(C=C=Cc4c(C(=O)O)[nH]n(-c5ccccc5)c4=O)c(=O)oc3cc21. The molecular weight excluding hydrogens is 518 g/mol. The number of nitrogens with zero attached hydrogens (tertiary/aromatic N) is 2. The molecule has 0 saturated carbocycles. The van der Waals surface area contributed by atoms with Crippen molar-refractivity contribution in [3.63, 3.8) is 0 Å². The molecule has 2 N–H and O–H groups in total. The van der Waals surface area contributed by atoms with Gasteiger partial charge >= 0.3 is 11.6 Å². The van der Waals surface area contributed by atoms with Crippen molar-refractivity contribution in [3.8, 4) is 5.69 Å². The van der Waals surface area contributed by atoms with Gasteiger partial charge in [-0.05, 0) is 61.2 Å². The summed E-state index contributed by atoms with van der Waals surface area (Å²) in [6, 6.07) is 14.5. The Hall–Kier alpha value is -4.55. The van der Waals surface area contributed by atoms with Gasteiger partial charge in [0.15, 0.2) is 5.69 Å². The number of aromatic carboxylic acids is 1. The Bertz CT molecular complexity index is 1720. The molecule has 4 aromatic rings. The highest BCUT2D eigenvalue weighted by Crippen LogP contribution is 2.32. The molecule has 2 aromatic carbocycles. The van der Waals surface area contributed by atoms with E-state index in [1.165, 1.54) is 54.5 Å². The van der Waals surface area contributed by atoms with Gasteiger partial charge in [-0.15, -0.1) is 5.73 Å². The van der Waals surface area contributed by atoms with Crippen LogP contribution >= 0.6 is 0 Å². The summed E-state index contributed by atoms with van der Waals surface area (Å²) in [7, 11) is 0. The number of carbonyl (C=O) groups is 1. The lowest BCUT2D eigenvalue weighted by Crippen LogP contribution is -2.30. The maximum Gasteiger partial charge on any atom is 0.354 e. The van der Waals surface area contributed by atoms with Crippen LogP contribution in [0.1, 0.15) is 79.0 Å². The minimum absolute atomic E-state index is 0.0673. The molecule has 1 aliphatic heterocycles. The Labute approximate surface area is 238 Å². The normalized spacial score (nSPS) is 12.7. The molecular formula is C33H35N3O5. The van der Waals surface area contributed by atoms with Crippen molar-refractivity contribution in [2.75, 3.05) is 18.0 Å². The zero-order valence-electron chi connectivity index (χ0n) is 23.3. The van der Waals surface area contributed by atoms with E-state index in [0.717, 1.165) is 43.4 Å². The van der Waals surface area contributed by atoms with Crippen molar-refractivity contribution in [2.45, 2.75) is 58.3 Å². The summed E-state index contributed by atoms with van der Waals surface area (Å²) in [5.41, 5.74) is 5.14. The van der Waals surface area contributed by atoms with Crippen LogP contribution in [-0.2, 0) is 6.42 Å². The van der Waals surface area contributed by atoms with E-state index in [1.54, 1.807) is 36.4 Å². The largest absolute Gasteiger partial charge is 0.477 e. The van der Waals surface area contributed by atoms with Gasteiger partial charge in [-0.25, -0.2) is 14.3 Å². The standard InChI is InChI=1S/C33H35N3O5/c1-2-3-4-5-6-10-18-35-19-12-14-23-20-25-21-24(33(40)41-29(25)22-28(23)35)13-11-17-27-30(32(38)39)34-36(31(27)37)26-15-8-7-9-16-26/h7-9,13,15-17,20-22,34H,2-6,10,12,14,18-19H2,1H3,(H,38,39). The molecule has 5 rings (SSSR count). The molecule has 0 atom stereocenters. The summed E-state index contributed by atoms with van der Waals surface area (Å²) in [5.74, 6) is -1.27. The summed E-state index contributed by atoms with van der Waals surface area (Å²) < 4.78 is 6.86. The highest BCUT2D eigenvalue weighted by molar-refractivity contribution is 5.90. The Morgan fingerprint density at radius 1 is 1.05 bits per heavy atom. The van der Waals surface area contributed by atoms with Crippen molar-refractivity contribution in [3.05, 3.63) is 97.4 Å². The number of anilines is 1. The number of fused-ring (bicyclic) bond motifs is 2. The van der Waals surface area contributed by atoms with E-state index in [9.17, 15) is 19.5 Å². The van der Waals surface area contributed by atoms with Gasteiger partial charge in [-0.3, -0.25) is 9.89 Å². The van der Waals surface area contributed by atoms with E-state index < -0.39 is 17.2 Å². The van der Waals surface area contributed by atoms with E-state index >= 15 is 0 Å². The van der Waals surface area contributed by atoms with Gasteiger partial charge in [0, 0.05) is 30.2 Å². The summed E-state index contributed by atoms with van der Waals surface area (Å²) in [6.45, 7) is 4.24. The first kappa shape index (κ1) is 28.0. The molecule has 41 heavy (non-hydrogen) atoms. The molecule has 2 aromatic heterocycles. The summed E-state index contributed by atoms with van der Waals surface area (Å²) in [4.78, 5) is 40.0.